The van der Waals surface area contributed by atoms with Crippen molar-refractivity contribution in [2.75, 3.05) is 31.6 Å². The molecule has 1 amide bonds. The molecule has 0 unspecified atom stereocenters. The molecule has 23 heavy (non-hydrogen) atoms. The monoisotopic (exact) mass is 336 g/mol. The van der Waals surface area contributed by atoms with Crippen molar-refractivity contribution in [2.24, 2.45) is 0 Å². The third-order valence-corrected chi connectivity index (χ3v) is 3.66. The van der Waals surface area contributed by atoms with Crippen LogP contribution in [-0.4, -0.2) is 47.1 Å². The lowest BCUT2D eigenvalue weighted by Gasteiger charge is -2.26. The van der Waals surface area contributed by atoms with Crippen molar-refractivity contribution in [2.45, 2.75) is 0 Å². The minimum atomic E-state index is -0.496. The van der Waals surface area contributed by atoms with Crippen LogP contribution in [0.3, 0.4) is 0 Å². The Hall–Kier alpha value is -2.25. The fourth-order valence-electron chi connectivity index (χ4n) is 2.16. The van der Waals surface area contributed by atoms with E-state index < -0.39 is 5.82 Å². The molecule has 1 N–H and O–H groups in total. The Balaban J connectivity index is 1.68. The van der Waals surface area contributed by atoms with Crippen LogP contribution in [0.5, 0.6) is 0 Å². The summed E-state index contributed by atoms with van der Waals surface area (Å²) in [5, 5.41) is 2.91. The van der Waals surface area contributed by atoms with E-state index in [1.54, 1.807) is 4.90 Å². The molecular formula is C15H14ClFN4O2. The molecule has 2 aromatic rings. The van der Waals surface area contributed by atoms with Gasteiger partial charge in [-0.25, -0.2) is 14.4 Å². The van der Waals surface area contributed by atoms with E-state index in [4.69, 9.17) is 16.3 Å². The first-order chi connectivity index (χ1) is 11.1. The second-order valence-electron chi connectivity index (χ2n) is 4.95. The van der Waals surface area contributed by atoms with Gasteiger partial charge in [0, 0.05) is 31.2 Å². The molecule has 0 spiro atoms. The molecule has 1 fully saturated rings. The van der Waals surface area contributed by atoms with Crippen molar-refractivity contribution >= 4 is 29.1 Å². The van der Waals surface area contributed by atoms with Gasteiger partial charge in [-0.05, 0) is 18.2 Å². The zero-order valence-electron chi connectivity index (χ0n) is 12.1. The van der Waals surface area contributed by atoms with Crippen LogP contribution in [0.4, 0.5) is 16.0 Å². The van der Waals surface area contributed by atoms with Gasteiger partial charge in [-0.3, -0.25) is 4.79 Å². The molecule has 1 aliphatic heterocycles. The van der Waals surface area contributed by atoms with E-state index in [0.717, 1.165) is 0 Å². The summed E-state index contributed by atoms with van der Waals surface area (Å²) in [7, 11) is 0. The molecule has 0 radical (unpaired) electrons. The number of benzene rings is 1. The first-order valence-electron chi connectivity index (χ1n) is 7.04. The van der Waals surface area contributed by atoms with Crippen LogP contribution < -0.4 is 5.32 Å². The number of carbonyl (C=O) groups is 1. The highest BCUT2D eigenvalue weighted by Crippen LogP contribution is 2.21. The molecule has 1 aromatic heterocycles. The largest absolute Gasteiger partial charge is 0.378 e. The number of halogens is 2. The van der Waals surface area contributed by atoms with Crippen LogP contribution in [-0.2, 0) is 4.74 Å². The lowest BCUT2D eigenvalue weighted by molar-refractivity contribution is 0.0302. The van der Waals surface area contributed by atoms with Crippen molar-refractivity contribution in [3.63, 3.8) is 0 Å². The Morgan fingerprint density at radius 3 is 2.61 bits per heavy atom. The van der Waals surface area contributed by atoms with Gasteiger partial charge in [-0.1, -0.05) is 11.6 Å². The molecule has 2 heterocycles. The first kappa shape index (κ1) is 15.6. The smallest absolute Gasteiger partial charge is 0.257 e. The van der Waals surface area contributed by atoms with E-state index in [9.17, 15) is 9.18 Å². The van der Waals surface area contributed by atoms with Crippen LogP contribution in [0.15, 0.2) is 30.6 Å². The van der Waals surface area contributed by atoms with E-state index >= 15 is 0 Å². The highest BCUT2D eigenvalue weighted by Gasteiger charge is 2.19. The number of hydrogen-bond donors (Lipinski definition) is 1. The Bertz CT molecular complexity index is 705. The first-order valence-corrected chi connectivity index (χ1v) is 7.42. The predicted octanol–water partition coefficient (Wildman–Crippen LogP) is 2.49. The molecule has 0 saturated carbocycles. The van der Waals surface area contributed by atoms with E-state index in [2.05, 4.69) is 15.3 Å². The van der Waals surface area contributed by atoms with Crippen molar-refractivity contribution in [1.82, 2.24) is 14.9 Å². The highest BCUT2D eigenvalue weighted by atomic mass is 35.5. The number of rotatable bonds is 3. The third-order valence-electron chi connectivity index (χ3n) is 3.37. The van der Waals surface area contributed by atoms with E-state index in [0.29, 0.717) is 43.5 Å². The molecule has 1 aromatic carbocycles. The molecule has 8 heteroatoms. The fourth-order valence-corrected chi connectivity index (χ4v) is 2.34. The molecule has 6 nitrogen and oxygen atoms in total. The maximum absolute atomic E-state index is 13.1. The van der Waals surface area contributed by atoms with E-state index in [1.807, 2.05) is 0 Å². The minimum absolute atomic E-state index is 0.00844. The number of morpholine rings is 1. The van der Waals surface area contributed by atoms with Crippen molar-refractivity contribution < 1.29 is 13.9 Å². The van der Waals surface area contributed by atoms with Crippen molar-refractivity contribution in [1.29, 1.82) is 0 Å². The van der Waals surface area contributed by atoms with Crippen LogP contribution in [0.25, 0.3) is 0 Å². The summed E-state index contributed by atoms with van der Waals surface area (Å²) >= 11 is 5.72. The minimum Gasteiger partial charge on any atom is -0.378 e. The van der Waals surface area contributed by atoms with Crippen LogP contribution in [0.1, 0.15) is 10.4 Å². The molecule has 1 aliphatic rings. The summed E-state index contributed by atoms with van der Waals surface area (Å²) in [6.45, 7) is 2.20. The Morgan fingerprint density at radius 1 is 1.26 bits per heavy atom. The van der Waals surface area contributed by atoms with Crippen LogP contribution in [0, 0.1) is 5.82 Å². The van der Waals surface area contributed by atoms with Gasteiger partial charge in [0.25, 0.3) is 5.91 Å². The van der Waals surface area contributed by atoms with Gasteiger partial charge >= 0.3 is 0 Å². The number of carbonyl (C=O) groups excluding carboxylic acids is 1. The Kier molecular flexibility index (Phi) is 4.68. The molecule has 1 saturated heterocycles. The number of amides is 1. The summed E-state index contributed by atoms with van der Waals surface area (Å²) < 4.78 is 18.3. The van der Waals surface area contributed by atoms with Gasteiger partial charge in [0.2, 0.25) is 5.95 Å². The quantitative estimate of drug-likeness (QED) is 0.932. The zero-order valence-corrected chi connectivity index (χ0v) is 12.9. The van der Waals surface area contributed by atoms with Gasteiger partial charge < -0.3 is 15.0 Å². The number of hydrogen-bond acceptors (Lipinski definition) is 5. The predicted molar refractivity (Wildman–Crippen MR) is 83.4 cm³/mol. The SMILES string of the molecule is O=C(c1cnc(Nc2ccc(F)c(Cl)c2)nc1)N1CCOCC1. The number of ether oxygens (including phenoxy) is 1. The van der Waals surface area contributed by atoms with E-state index in [1.165, 1.54) is 30.6 Å². The Morgan fingerprint density at radius 2 is 1.96 bits per heavy atom. The summed E-state index contributed by atoms with van der Waals surface area (Å²) in [5.41, 5.74) is 0.971. The normalized spacial score (nSPS) is 14.6. The second kappa shape index (κ2) is 6.89. The number of aromatic nitrogens is 2. The second-order valence-corrected chi connectivity index (χ2v) is 5.36. The van der Waals surface area contributed by atoms with Gasteiger partial charge in [-0.2, -0.15) is 0 Å². The molecule has 0 bridgehead atoms. The summed E-state index contributed by atoms with van der Waals surface area (Å²) in [6, 6.07) is 4.21. The molecule has 0 atom stereocenters. The van der Waals surface area contributed by atoms with Crippen molar-refractivity contribution in [3.8, 4) is 0 Å². The summed E-state index contributed by atoms with van der Waals surface area (Å²) in [6.07, 6.45) is 2.91. The fraction of sp³-hybridized carbons (Fsp3) is 0.267. The van der Waals surface area contributed by atoms with Gasteiger partial charge in [0.05, 0.1) is 23.8 Å². The van der Waals surface area contributed by atoms with Crippen molar-refractivity contribution in [3.05, 3.63) is 47.0 Å². The maximum atomic E-state index is 13.1. The number of anilines is 2. The van der Waals surface area contributed by atoms with E-state index in [-0.39, 0.29) is 10.9 Å². The van der Waals surface area contributed by atoms with Gasteiger partial charge in [0.1, 0.15) is 5.82 Å². The van der Waals surface area contributed by atoms with Crippen LogP contribution >= 0.6 is 11.6 Å². The number of nitrogens with one attached hydrogen (secondary N) is 1. The summed E-state index contributed by atoms with van der Waals surface area (Å²) in [5.74, 6) is -0.319. The average molecular weight is 337 g/mol. The van der Waals surface area contributed by atoms with Gasteiger partial charge in [0.15, 0.2) is 0 Å². The maximum Gasteiger partial charge on any atom is 0.257 e. The van der Waals surface area contributed by atoms with Crippen LogP contribution in [0.2, 0.25) is 5.02 Å². The number of nitrogens with zero attached hydrogens (tertiary/aromatic N) is 3. The topological polar surface area (TPSA) is 67.4 Å². The molecule has 0 aliphatic carbocycles. The Labute approximate surface area is 137 Å². The lowest BCUT2D eigenvalue weighted by Crippen LogP contribution is -2.40. The molecule has 3 rings (SSSR count). The third kappa shape index (κ3) is 3.75. The van der Waals surface area contributed by atoms with Gasteiger partial charge in [-0.15, -0.1) is 0 Å². The lowest BCUT2D eigenvalue weighted by atomic mass is 10.2. The standard InChI is InChI=1S/C15H14ClFN4O2/c16-12-7-11(1-2-13(12)17)20-15-18-8-10(9-19-15)14(22)21-3-5-23-6-4-21/h1-2,7-9H,3-6H2,(H,18,19,20). The molecule has 120 valence electrons. The molecular weight excluding hydrogens is 323 g/mol. The highest BCUT2D eigenvalue weighted by molar-refractivity contribution is 6.31. The summed E-state index contributed by atoms with van der Waals surface area (Å²) in [4.78, 5) is 22.2. The zero-order chi connectivity index (χ0) is 16.2. The average Bonchev–Trinajstić information content (AvgIpc) is 2.59.